The molecule has 0 atom stereocenters. The Morgan fingerprint density at radius 2 is 2.00 bits per heavy atom. The molecule has 3 nitrogen and oxygen atoms in total. The van der Waals surface area contributed by atoms with Gasteiger partial charge in [0.05, 0.1) is 5.71 Å². The van der Waals surface area contributed by atoms with Crippen molar-refractivity contribution in [3.05, 3.63) is 48.2 Å². The Morgan fingerprint density at radius 1 is 1.25 bits per heavy atom. The van der Waals surface area contributed by atoms with Crippen LogP contribution in [0.1, 0.15) is 12.5 Å². The Kier molecular flexibility index (Phi) is 3.05. The first-order chi connectivity index (χ1) is 7.81. The number of rotatable bonds is 3. The van der Waals surface area contributed by atoms with Crippen LogP contribution >= 0.6 is 0 Å². The summed E-state index contributed by atoms with van der Waals surface area (Å²) < 4.78 is 5.48. The molecule has 0 fully saturated rings. The van der Waals surface area contributed by atoms with Crippen molar-refractivity contribution < 1.29 is 9.25 Å². The van der Waals surface area contributed by atoms with E-state index < -0.39 is 0 Å². The van der Waals surface area contributed by atoms with E-state index in [1.165, 1.54) is 7.11 Å². The number of nitrogens with zero attached hydrogens (tertiary/aromatic N) is 1. The first-order valence-electron chi connectivity index (χ1n) is 5.03. The summed E-state index contributed by atoms with van der Waals surface area (Å²) in [5.41, 5.74) is 2.79. The quantitative estimate of drug-likeness (QED) is 0.581. The third kappa shape index (κ3) is 2.14. The lowest BCUT2D eigenvalue weighted by molar-refractivity contribution is 0.213. The zero-order valence-electron chi connectivity index (χ0n) is 9.31. The summed E-state index contributed by atoms with van der Waals surface area (Å²) in [4.78, 5) is 4.72. The van der Waals surface area contributed by atoms with Gasteiger partial charge in [0.2, 0.25) is 0 Å². The molecule has 3 heteroatoms. The molecule has 2 aromatic rings. The second-order valence-corrected chi connectivity index (χ2v) is 3.42. The predicted octanol–water partition coefficient (Wildman–Crippen LogP) is 3.32. The minimum Gasteiger partial charge on any atom is -0.464 e. The predicted molar refractivity (Wildman–Crippen MR) is 63.4 cm³/mol. The first-order valence-corrected chi connectivity index (χ1v) is 5.03. The monoisotopic (exact) mass is 215 g/mol. The lowest BCUT2D eigenvalue weighted by atomic mass is 10.1. The normalized spacial score (nSPS) is 11.5. The Bertz CT molecular complexity index is 486. The molecule has 0 spiro atoms. The maximum absolute atomic E-state index is 5.48. The minimum atomic E-state index is 0.799. The van der Waals surface area contributed by atoms with Crippen LogP contribution in [0.4, 0.5) is 0 Å². The van der Waals surface area contributed by atoms with E-state index in [0.717, 1.165) is 22.6 Å². The van der Waals surface area contributed by atoms with Crippen LogP contribution in [-0.2, 0) is 4.84 Å². The van der Waals surface area contributed by atoms with Crippen molar-refractivity contribution in [3.63, 3.8) is 0 Å². The first kappa shape index (κ1) is 10.5. The van der Waals surface area contributed by atoms with Gasteiger partial charge in [0.25, 0.3) is 0 Å². The van der Waals surface area contributed by atoms with Gasteiger partial charge in [-0.1, -0.05) is 35.5 Å². The molecule has 1 heterocycles. The van der Waals surface area contributed by atoms with Crippen LogP contribution in [0.15, 0.2) is 52.2 Å². The molecule has 0 bridgehead atoms. The average Bonchev–Trinajstić information content (AvgIpc) is 2.80. The highest BCUT2D eigenvalue weighted by molar-refractivity contribution is 5.98. The smallest absolute Gasteiger partial charge is 0.134 e. The molecular formula is C13H13NO2. The van der Waals surface area contributed by atoms with Gasteiger partial charge in [-0.15, -0.1) is 0 Å². The van der Waals surface area contributed by atoms with Crippen LogP contribution in [0.25, 0.3) is 11.3 Å². The van der Waals surface area contributed by atoms with Gasteiger partial charge in [-0.25, -0.2) is 0 Å². The number of oxime groups is 1. The molecule has 0 radical (unpaired) electrons. The lowest BCUT2D eigenvalue weighted by Gasteiger charge is -1.94. The largest absolute Gasteiger partial charge is 0.464 e. The Labute approximate surface area is 94.3 Å². The topological polar surface area (TPSA) is 34.7 Å². The van der Waals surface area contributed by atoms with Crippen molar-refractivity contribution >= 4 is 5.71 Å². The van der Waals surface area contributed by atoms with E-state index in [2.05, 4.69) is 5.16 Å². The third-order valence-corrected chi connectivity index (χ3v) is 2.30. The van der Waals surface area contributed by atoms with E-state index in [0.29, 0.717) is 0 Å². The Balaban J connectivity index is 2.30. The van der Waals surface area contributed by atoms with Crippen LogP contribution in [0.3, 0.4) is 0 Å². The molecule has 1 aromatic heterocycles. The molecule has 0 N–H and O–H groups in total. The van der Waals surface area contributed by atoms with Gasteiger partial charge in [-0.05, 0) is 13.0 Å². The summed E-state index contributed by atoms with van der Waals surface area (Å²) in [5.74, 6) is 0.834. The standard InChI is InChI=1S/C13H13NO2/c1-10(14-15-2)12-8-13(16-9-12)11-6-4-3-5-7-11/h3-9H,1-2H3/b14-10+. The van der Waals surface area contributed by atoms with E-state index in [1.807, 2.05) is 43.3 Å². The van der Waals surface area contributed by atoms with Crippen LogP contribution in [0, 0.1) is 0 Å². The molecule has 82 valence electrons. The fourth-order valence-electron chi connectivity index (χ4n) is 1.47. The minimum absolute atomic E-state index is 0.799. The molecule has 0 aliphatic rings. The van der Waals surface area contributed by atoms with Gasteiger partial charge in [-0.2, -0.15) is 0 Å². The van der Waals surface area contributed by atoms with E-state index in [4.69, 9.17) is 9.25 Å². The average molecular weight is 215 g/mol. The Morgan fingerprint density at radius 3 is 2.69 bits per heavy atom. The molecule has 1 aromatic carbocycles. The van der Waals surface area contributed by atoms with Gasteiger partial charge < -0.3 is 9.25 Å². The molecule has 0 aliphatic heterocycles. The Hall–Kier alpha value is -2.03. The lowest BCUT2D eigenvalue weighted by Crippen LogP contribution is -1.91. The zero-order chi connectivity index (χ0) is 11.4. The van der Waals surface area contributed by atoms with Gasteiger partial charge in [0, 0.05) is 11.1 Å². The van der Waals surface area contributed by atoms with Gasteiger partial charge in [0.1, 0.15) is 19.1 Å². The van der Waals surface area contributed by atoms with Crippen LogP contribution < -0.4 is 0 Å². The number of hydrogen-bond donors (Lipinski definition) is 0. The number of benzene rings is 1. The second-order valence-electron chi connectivity index (χ2n) is 3.42. The van der Waals surface area contributed by atoms with Crippen molar-refractivity contribution in [3.8, 4) is 11.3 Å². The summed E-state index contributed by atoms with van der Waals surface area (Å²) in [6.45, 7) is 1.88. The molecule has 0 unspecified atom stereocenters. The summed E-state index contributed by atoms with van der Waals surface area (Å²) >= 11 is 0. The third-order valence-electron chi connectivity index (χ3n) is 2.30. The van der Waals surface area contributed by atoms with Gasteiger partial charge in [-0.3, -0.25) is 0 Å². The fraction of sp³-hybridized carbons (Fsp3) is 0.154. The van der Waals surface area contributed by atoms with E-state index >= 15 is 0 Å². The van der Waals surface area contributed by atoms with Crippen molar-refractivity contribution in [2.75, 3.05) is 7.11 Å². The van der Waals surface area contributed by atoms with E-state index in [9.17, 15) is 0 Å². The highest BCUT2D eigenvalue weighted by Crippen LogP contribution is 2.21. The van der Waals surface area contributed by atoms with Crippen LogP contribution in [-0.4, -0.2) is 12.8 Å². The maximum atomic E-state index is 5.48. The SMILES string of the molecule is CO/N=C(\C)c1coc(-c2ccccc2)c1. The molecule has 16 heavy (non-hydrogen) atoms. The second kappa shape index (κ2) is 4.66. The maximum Gasteiger partial charge on any atom is 0.134 e. The molecular weight excluding hydrogens is 202 g/mol. The van der Waals surface area contributed by atoms with Crippen molar-refractivity contribution in [1.82, 2.24) is 0 Å². The van der Waals surface area contributed by atoms with Gasteiger partial charge in [0.15, 0.2) is 0 Å². The zero-order valence-corrected chi connectivity index (χ0v) is 9.31. The molecule has 0 aliphatic carbocycles. The molecule has 2 rings (SSSR count). The summed E-state index contributed by atoms with van der Waals surface area (Å²) in [5, 5.41) is 3.86. The van der Waals surface area contributed by atoms with Crippen LogP contribution in [0.5, 0.6) is 0 Å². The van der Waals surface area contributed by atoms with E-state index in [-0.39, 0.29) is 0 Å². The fourth-order valence-corrected chi connectivity index (χ4v) is 1.47. The van der Waals surface area contributed by atoms with Crippen molar-refractivity contribution in [2.24, 2.45) is 5.16 Å². The van der Waals surface area contributed by atoms with Crippen LogP contribution in [0.2, 0.25) is 0 Å². The molecule has 0 saturated heterocycles. The van der Waals surface area contributed by atoms with Crippen molar-refractivity contribution in [1.29, 1.82) is 0 Å². The summed E-state index contributed by atoms with van der Waals surface area (Å²) in [6, 6.07) is 11.9. The summed E-state index contributed by atoms with van der Waals surface area (Å²) in [6.07, 6.45) is 1.68. The van der Waals surface area contributed by atoms with E-state index in [1.54, 1.807) is 6.26 Å². The van der Waals surface area contributed by atoms with Gasteiger partial charge >= 0.3 is 0 Å². The number of furan rings is 1. The number of hydrogen-bond acceptors (Lipinski definition) is 3. The highest BCUT2D eigenvalue weighted by Gasteiger charge is 2.06. The summed E-state index contributed by atoms with van der Waals surface area (Å²) in [7, 11) is 1.53. The molecule has 0 saturated carbocycles. The highest BCUT2D eigenvalue weighted by atomic mass is 16.6. The van der Waals surface area contributed by atoms with Crippen molar-refractivity contribution in [2.45, 2.75) is 6.92 Å². The molecule has 0 amide bonds.